The Morgan fingerprint density at radius 2 is 1.39 bits per heavy atom. The van der Waals surface area contributed by atoms with Crippen molar-refractivity contribution in [2.24, 2.45) is 0 Å². The van der Waals surface area contributed by atoms with Gasteiger partial charge in [-0.15, -0.1) is 0 Å². The topological polar surface area (TPSA) is 113 Å². The van der Waals surface area contributed by atoms with Crippen molar-refractivity contribution < 1.29 is 18.9 Å². The lowest BCUT2D eigenvalue weighted by Gasteiger charge is -2.09. The third kappa shape index (κ3) is 5.71. The number of nitrogens with zero attached hydrogens (tertiary/aromatic N) is 1. The van der Waals surface area contributed by atoms with Crippen molar-refractivity contribution in [2.75, 3.05) is 17.2 Å². The molecule has 0 atom stereocenters. The predicted molar refractivity (Wildman–Crippen MR) is 124 cm³/mol. The van der Waals surface area contributed by atoms with Crippen LogP contribution in [0, 0.1) is 0 Å². The van der Waals surface area contributed by atoms with Gasteiger partial charge >= 0.3 is 0 Å². The fourth-order valence-electron chi connectivity index (χ4n) is 3.04. The van der Waals surface area contributed by atoms with Crippen LogP contribution in [0.25, 0.3) is 11.3 Å². The van der Waals surface area contributed by atoms with Crippen LogP contribution in [0.15, 0.2) is 95.5 Å². The molecule has 0 radical (unpaired) electrons. The second kappa shape index (κ2) is 10.1. The number of hydrogen-bond acceptors (Lipinski definition) is 5. The second-order valence-corrected chi connectivity index (χ2v) is 7.07. The number of carbonyl (C=O) groups excluding carboxylic acids is 3. The van der Waals surface area contributed by atoms with Crippen molar-refractivity contribution in [1.29, 1.82) is 0 Å². The Balaban J connectivity index is 1.30. The van der Waals surface area contributed by atoms with E-state index in [0.29, 0.717) is 22.7 Å². The zero-order valence-electron chi connectivity index (χ0n) is 17.4. The average molecular weight is 440 g/mol. The second-order valence-electron chi connectivity index (χ2n) is 7.07. The molecule has 3 amide bonds. The van der Waals surface area contributed by atoms with Gasteiger partial charge in [0.15, 0.2) is 11.5 Å². The summed E-state index contributed by atoms with van der Waals surface area (Å²) in [5, 5.41) is 11.7. The highest BCUT2D eigenvalue weighted by Gasteiger charge is 2.15. The Morgan fingerprint density at radius 3 is 2.12 bits per heavy atom. The highest BCUT2D eigenvalue weighted by Crippen LogP contribution is 2.19. The summed E-state index contributed by atoms with van der Waals surface area (Å²) in [6.07, 6.45) is 0. The first-order chi connectivity index (χ1) is 16.1. The Labute approximate surface area is 189 Å². The number of aromatic nitrogens is 1. The molecule has 0 aliphatic carbocycles. The van der Waals surface area contributed by atoms with Crippen LogP contribution in [0.3, 0.4) is 0 Å². The Bertz CT molecular complexity index is 1270. The molecular formula is C25H20N4O4. The average Bonchev–Trinajstić information content (AvgIpc) is 3.34. The maximum Gasteiger partial charge on any atom is 0.273 e. The number of nitrogens with one attached hydrogen (secondary N) is 3. The molecule has 0 aliphatic heterocycles. The molecule has 1 heterocycles. The van der Waals surface area contributed by atoms with Crippen LogP contribution < -0.4 is 16.0 Å². The van der Waals surface area contributed by atoms with Gasteiger partial charge in [-0.3, -0.25) is 14.4 Å². The van der Waals surface area contributed by atoms with E-state index in [1.165, 1.54) is 6.07 Å². The molecule has 0 aliphatic rings. The molecule has 0 saturated heterocycles. The van der Waals surface area contributed by atoms with Gasteiger partial charge in [-0.2, -0.15) is 0 Å². The van der Waals surface area contributed by atoms with Crippen LogP contribution in [-0.2, 0) is 4.79 Å². The molecule has 3 N–H and O–H groups in total. The first-order valence-electron chi connectivity index (χ1n) is 10.1. The number of benzene rings is 3. The number of amides is 3. The normalized spacial score (nSPS) is 10.3. The molecule has 164 valence electrons. The maximum atomic E-state index is 12.3. The van der Waals surface area contributed by atoms with E-state index in [0.717, 1.165) is 5.56 Å². The first kappa shape index (κ1) is 21.5. The molecule has 0 unspecified atom stereocenters. The van der Waals surface area contributed by atoms with E-state index in [-0.39, 0.29) is 18.1 Å². The Hall–Kier alpha value is -4.72. The van der Waals surface area contributed by atoms with Gasteiger partial charge in [0.1, 0.15) is 0 Å². The van der Waals surface area contributed by atoms with Crippen LogP contribution in [0.1, 0.15) is 20.8 Å². The van der Waals surface area contributed by atoms with E-state index in [2.05, 4.69) is 21.1 Å². The zero-order chi connectivity index (χ0) is 23.0. The molecule has 1 aromatic heterocycles. The quantitative estimate of drug-likeness (QED) is 0.403. The molecule has 0 saturated carbocycles. The lowest BCUT2D eigenvalue weighted by atomic mass is 10.1. The lowest BCUT2D eigenvalue weighted by Crippen LogP contribution is -2.33. The van der Waals surface area contributed by atoms with E-state index in [9.17, 15) is 14.4 Å². The summed E-state index contributed by atoms with van der Waals surface area (Å²) < 4.78 is 5.21. The molecule has 0 fully saturated rings. The monoisotopic (exact) mass is 440 g/mol. The molecule has 4 aromatic rings. The van der Waals surface area contributed by atoms with Gasteiger partial charge in [-0.05, 0) is 30.3 Å². The molecule has 4 rings (SSSR count). The summed E-state index contributed by atoms with van der Waals surface area (Å²) in [6, 6.07) is 26.3. The van der Waals surface area contributed by atoms with E-state index in [4.69, 9.17) is 4.52 Å². The van der Waals surface area contributed by atoms with Crippen LogP contribution in [-0.4, -0.2) is 29.4 Å². The van der Waals surface area contributed by atoms with Crippen LogP contribution in [0.2, 0.25) is 0 Å². The smallest absolute Gasteiger partial charge is 0.273 e. The molecule has 3 aromatic carbocycles. The third-order valence-corrected chi connectivity index (χ3v) is 4.65. The van der Waals surface area contributed by atoms with E-state index < -0.39 is 11.8 Å². The predicted octanol–water partition coefficient (Wildman–Crippen LogP) is 3.96. The van der Waals surface area contributed by atoms with E-state index in [1.54, 1.807) is 48.5 Å². The van der Waals surface area contributed by atoms with Gasteiger partial charge in [-0.25, -0.2) is 0 Å². The number of anilines is 2. The van der Waals surface area contributed by atoms with Gasteiger partial charge in [0.25, 0.3) is 11.8 Å². The summed E-state index contributed by atoms with van der Waals surface area (Å²) in [5.74, 6) is -0.755. The summed E-state index contributed by atoms with van der Waals surface area (Å²) >= 11 is 0. The largest absolute Gasteiger partial charge is 0.355 e. The van der Waals surface area contributed by atoms with Crippen LogP contribution in [0.4, 0.5) is 11.4 Å². The van der Waals surface area contributed by atoms with Crippen LogP contribution in [0.5, 0.6) is 0 Å². The van der Waals surface area contributed by atoms with Crippen molar-refractivity contribution in [1.82, 2.24) is 10.5 Å². The number of rotatable bonds is 7. The molecule has 33 heavy (non-hydrogen) atoms. The van der Waals surface area contributed by atoms with E-state index >= 15 is 0 Å². The summed E-state index contributed by atoms with van der Waals surface area (Å²) in [5.41, 5.74) is 2.40. The highest BCUT2D eigenvalue weighted by atomic mass is 16.5. The number of hydrogen-bond donors (Lipinski definition) is 3. The van der Waals surface area contributed by atoms with Gasteiger partial charge in [0.2, 0.25) is 5.91 Å². The van der Waals surface area contributed by atoms with Gasteiger partial charge in [0, 0.05) is 28.6 Å². The lowest BCUT2D eigenvalue weighted by molar-refractivity contribution is -0.115. The molecule has 8 heteroatoms. The minimum absolute atomic E-state index is 0.0762. The van der Waals surface area contributed by atoms with Gasteiger partial charge in [-0.1, -0.05) is 59.8 Å². The molecule has 0 bridgehead atoms. The minimum atomic E-state index is -0.528. The fourth-order valence-corrected chi connectivity index (χ4v) is 3.04. The van der Waals surface area contributed by atoms with Crippen molar-refractivity contribution >= 4 is 29.1 Å². The molecular weight excluding hydrogens is 420 g/mol. The first-order valence-corrected chi connectivity index (χ1v) is 10.1. The molecule has 8 nitrogen and oxygen atoms in total. The van der Waals surface area contributed by atoms with Crippen molar-refractivity contribution in [2.45, 2.75) is 0 Å². The fraction of sp³-hybridized carbons (Fsp3) is 0.0400. The maximum absolute atomic E-state index is 12.3. The SMILES string of the molecule is O=C(CNC(=O)c1cc(-c2ccccc2)on1)Nc1cccc(NC(=O)c2ccccc2)c1. The van der Waals surface area contributed by atoms with Gasteiger partial charge in [0.05, 0.1) is 6.54 Å². The Morgan fingerprint density at radius 1 is 0.727 bits per heavy atom. The van der Waals surface area contributed by atoms with Gasteiger partial charge < -0.3 is 20.5 Å². The zero-order valence-corrected chi connectivity index (χ0v) is 17.4. The molecule has 0 spiro atoms. The summed E-state index contributed by atoms with van der Waals surface area (Å²) in [4.78, 5) is 36.9. The van der Waals surface area contributed by atoms with Crippen LogP contribution >= 0.6 is 0 Å². The number of carbonyl (C=O) groups is 3. The minimum Gasteiger partial charge on any atom is -0.355 e. The van der Waals surface area contributed by atoms with Crippen molar-refractivity contribution in [3.05, 3.63) is 102 Å². The highest BCUT2D eigenvalue weighted by molar-refractivity contribution is 6.05. The standard InChI is InChI=1S/C25H20N4O4/c30-23(16-26-25(32)21-15-22(33-29-21)17-8-3-1-4-9-17)27-19-12-7-13-20(14-19)28-24(31)18-10-5-2-6-11-18/h1-15H,16H2,(H,26,32)(H,27,30)(H,28,31). The third-order valence-electron chi connectivity index (χ3n) is 4.65. The Kier molecular flexibility index (Phi) is 6.56. The summed E-state index contributed by atoms with van der Waals surface area (Å²) in [6.45, 7) is -0.257. The van der Waals surface area contributed by atoms with Crippen molar-refractivity contribution in [3.8, 4) is 11.3 Å². The van der Waals surface area contributed by atoms with E-state index in [1.807, 2.05) is 36.4 Å². The van der Waals surface area contributed by atoms with Crippen molar-refractivity contribution in [3.63, 3.8) is 0 Å². The summed E-state index contributed by atoms with van der Waals surface area (Å²) in [7, 11) is 0.